The Balaban J connectivity index is 2.22. The number of nitrogens with zero attached hydrogens (tertiary/aromatic N) is 1. The number of hydrogen-bond acceptors (Lipinski definition) is 5. The van der Waals surface area contributed by atoms with Crippen LogP contribution in [0.4, 0.5) is 10.5 Å². The summed E-state index contributed by atoms with van der Waals surface area (Å²) in [6, 6.07) is 13.7. The third-order valence-corrected chi connectivity index (χ3v) is 5.71. The highest BCUT2D eigenvalue weighted by atomic mass is 32.2. The normalized spacial score (nSPS) is 12.1. The number of carbonyl (C=O) groups is 1. The van der Waals surface area contributed by atoms with Gasteiger partial charge >= 0.3 is 16.1 Å². The standard InChI is InChI=1S/C21H28N2O5S/c1-5-16(3)23(21(24)22-19-12-7-8-13-20(19)27-4)15-17-10-9-11-18(14-17)28-29(25,26)6-2/h7-14,16H,5-6,15H2,1-4H3,(H,22,24). The van der Waals surface area contributed by atoms with Crippen molar-refractivity contribution in [2.75, 3.05) is 18.2 Å². The molecule has 8 heteroatoms. The van der Waals surface area contributed by atoms with Gasteiger partial charge in [-0.25, -0.2) is 4.79 Å². The van der Waals surface area contributed by atoms with E-state index in [0.717, 1.165) is 12.0 Å². The molecule has 2 rings (SSSR count). The maximum atomic E-state index is 13.0. The van der Waals surface area contributed by atoms with Gasteiger partial charge in [0.05, 0.1) is 18.6 Å². The van der Waals surface area contributed by atoms with E-state index in [1.807, 2.05) is 32.0 Å². The molecule has 2 amide bonds. The first-order valence-corrected chi connectivity index (χ1v) is 11.1. The first-order valence-electron chi connectivity index (χ1n) is 9.51. The van der Waals surface area contributed by atoms with Crippen molar-refractivity contribution in [1.82, 2.24) is 4.90 Å². The quantitative estimate of drug-likeness (QED) is 0.613. The number of hydrogen-bond donors (Lipinski definition) is 1. The Morgan fingerprint density at radius 3 is 2.52 bits per heavy atom. The molecule has 0 aliphatic rings. The van der Waals surface area contributed by atoms with Crippen LogP contribution in [0.25, 0.3) is 0 Å². The van der Waals surface area contributed by atoms with Gasteiger partial charge in [-0.3, -0.25) is 0 Å². The highest BCUT2D eigenvalue weighted by Crippen LogP contribution is 2.25. The second kappa shape index (κ2) is 10.2. The van der Waals surface area contributed by atoms with Gasteiger partial charge in [0.1, 0.15) is 11.5 Å². The van der Waals surface area contributed by atoms with E-state index in [2.05, 4.69) is 5.32 Å². The molecule has 7 nitrogen and oxygen atoms in total. The zero-order chi connectivity index (χ0) is 21.4. The molecule has 0 heterocycles. The minimum atomic E-state index is -3.61. The van der Waals surface area contributed by atoms with Gasteiger partial charge in [-0.1, -0.05) is 31.2 Å². The predicted molar refractivity (Wildman–Crippen MR) is 114 cm³/mol. The van der Waals surface area contributed by atoms with Crippen LogP contribution in [0.3, 0.4) is 0 Å². The molecule has 0 bridgehead atoms. The monoisotopic (exact) mass is 420 g/mol. The highest BCUT2D eigenvalue weighted by molar-refractivity contribution is 7.87. The number of amides is 2. The van der Waals surface area contributed by atoms with E-state index in [4.69, 9.17) is 8.92 Å². The van der Waals surface area contributed by atoms with Crippen molar-refractivity contribution in [3.05, 3.63) is 54.1 Å². The SMILES string of the molecule is CCC(C)N(Cc1cccc(OS(=O)(=O)CC)c1)C(=O)Nc1ccccc1OC. The van der Waals surface area contributed by atoms with Crippen molar-refractivity contribution in [2.45, 2.75) is 39.8 Å². The number of para-hydroxylation sites is 2. The molecule has 158 valence electrons. The van der Waals surface area contributed by atoms with E-state index < -0.39 is 10.1 Å². The summed E-state index contributed by atoms with van der Waals surface area (Å²) in [6.07, 6.45) is 0.764. The van der Waals surface area contributed by atoms with Crippen molar-refractivity contribution in [3.63, 3.8) is 0 Å². The lowest BCUT2D eigenvalue weighted by molar-refractivity contribution is 0.187. The van der Waals surface area contributed by atoms with Crippen molar-refractivity contribution < 1.29 is 22.1 Å². The summed E-state index contributed by atoms with van der Waals surface area (Å²) in [5, 5.41) is 2.89. The summed E-state index contributed by atoms with van der Waals surface area (Å²) < 4.78 is 33.8. The summed E-state index contributed by atoms with van der Waals surface area (Å²) in [6.45, 7) is 5.79. The van der Waals surface area contributed by atoms with Gasteiger partial charge < -0.3 is 19.1 Å². The number of rotatable bonds is 9. The maximum absolute atomic E-state index is 13.0. The second-order valence-corrected chi connectivity index (χ2v) is 8.45. The van der Waals surface area contributed by atoms with Crippen molar-refractivity contribution in [1.29, 1.82) is 0 Å². The first kappa shape index (κ1) is 22.5. The topological polar surface area (TPSA) is 84.9 Å². The Labute approximate surface area is 172 Å². The Morgan fingerprint density at radius 2 is 1.86 bits per heavy atom. The molecule has 0 aliphatic carbocycles. The fraction of sp³-hybridized carbons (Fsp3) is 0.381. The number of ether oxygens (including phenoxy) is 1. The summed E-state index contributed by atoms with van der Waals surface area (Å²) in [5.41, 5.74) is 1.35. The third-order valence-electron chi connectivity index (χ3n) is 4.56. The Kier molecular flexibility index (Phi) is 7.90. The molecule has 0 spiro atoms. The second-order valence-electron chi connectivity index (χ2n) is 6.59. The number of anilines is 1. The molecule has 2 aromatic carbocycles. The molecule has 2 aromatic rings. The van der Waals surface area contributed by atoms with Crippen molar-refractivity contribution in [2.24, 2.45) is 0 Å². The number of methoxy groups -OCH3 is 1. The molecule has 29 heavy (non-hydrogen) atoms. The third kappa shape index (κ3) is 6.39. The minimum absolute atomic E-state index is 0.0337. The fourth-order valence-electron chi connectivity index (χ4n) is 2.68. The summed E-state index contributed by atoms with van der Waals surface area (Å²) in [4.78, 5) is 14.7. The lowest BCUT2D eigenvalue weighted by atomic mass is 10.1. The van der Waals surface area contributed by atoms with Gasteiger partial charge in [-0.05, 0) is 50.1 Å². The minimum Gasteiger partial charge on any atom is -0.495 e. The van der Waals surface area contributed by atoms with E-state index in [0.29, 0.717) is 18.0 Å². The molecule has 1 atom stereocenters. The Hall–Kier alpha value is -2.74. The van der Waals surface area contributed by atoms with E-state index in [9.17, 15) is 13.2 Å². The van der Waals surface area contributed by atoms with Gasteiger partial charge in [-0.2, -0.15) is 8.42 Å². The zero-order valence-corrected chi connectivity index (χ0v) is 18.0. The van der Waals surface area contributed by atoms with Crippen LogP contribution >= 0.6 is 0 Å². The van der Waals surface area contributed by atoms with Gasteiger partial charge in [0.2, 0.25) is 0 Å². The number of benzene rings is 2. The maximum Gasteiger partial charge on any atom is 0.322 e. The van der Waals surface area contributed by atoms with Crippen LogP contribution in [-0.4, -0.2) is 38.3 Å². The average molecular weight is 421 g/mol. The van der Waals surface area contributed by atoms with Crippen LogP contribution in [0.5, 0.6) is 11.5 Å². The largest absolute Gasteiger partial charge is 0.495 e. The van der Waals surface area contributed by atoms with Gasteiger partial charge in [-0.15, -0.1) is 0 Å². The van der Waals surface area contributed by atoms with Gasteiger partial charge in [0.15, 0.2) is 0 Å². The molecule has 1 unspecified atom stereocenters. The molecule has 0 fully saturated rings. The van der Waals surface area contributed by atoms with Crippen LogP contribution in [0.2, 0.25) is 0 Å². The van der Waals surface area contributed by atoms with E-state index in [1.165, 1.54) is 6.92 Å². The fourth-order valence-corrected chi connectivity index (χ4v) is 3.20. The molecule has 0 saturated carbocycles. The lowest BCUT2D eigenvalue weighted by Gasteiger charge is -2.29. The lowest BCUT2D eigenvalue weighted by Crippen LogP contribution is -2.40. The van der Waals surface area contributed by atoms with Crippen LogP contribution in [0.15, 0.2) is 48.5 Å². The van der Waals surface area contributed by atoms with Crippen LogP contribution in [-0.2, 0) is 16.7 Å². The van der Waals surface area contributed by atoms with Crippen molar-refractivity contribution in [3.8, 4) is 11.5 Å². The molecule has 0 radical (unpaired) electrons. The summed E-state index contributed by atoms with van der Waals surface area (Å²) in [5.74, 6) is 0.695. The van der Waals surface area contributed by atoms with Gasteiger partial charge in [0.25, 0.3) is 0 Å². The smallest absolute Gasteiger partial charge is 0.322 e. The molecule has 0 aromatic heterocycles. The first-order chi connectivity index (χ1) is 13.8. The van der Waals surface area contributed by atoms with Crippen LogP contribution in [0, 0.1) is 0 Å². The molecular weight excluding hydrogens is 392 g/mol. The average Bonchev–Trinajstić information content (AvgIpc) is 2.71. The molecular formula is C21H28N2O5S. The van der Waals surface area contributed by atoms with E-state index in [1.54, 1.807) is 42.3 Å². The van der Waals surface area contributed by atoms with E-state index in [-0.39, 0.29) is 23.6 Å². The summed E-state index contributed by atoms with van der Waals surface area (Å²) in [7, 11) is -2.06. The van der Waals surface area contributed by atoms with Crippen LogP contribution < -0.4 is 14.2 Å². The number of carbonyl (C=O) groups excluding carboxylic acids is 1. The van der Waals surface area contributed by atoms with Crippen molar-refractivity contribution >= 4 is 21.8 Å². The number of nitrogens with one attached hydrogen (secondary N) is 1. The number of urea groups is 1. The zero-order valence-electron chi connectivity index (χ0n) is 17.2. The van der Waals surface area contributed by atoms with E-state index >= 15 is 0 Å². The Bertz CT molecular complexity index is 930. The Morgan fingerprint density at radius 1 is 1.14 bits per heavy atom. The molecule has 0 aliphatic heterocycles. The highest BCUT2D eigenvalue weighted by Gasteiger charge is 2.21. The van der Waals surface area contributed by atoms with Gasteiger partial charge in [0, 0.05) is 12.6 Å². The van der Waals surface area contributed by atoms with Crippen LogP contribution in [0.1, 0.15) is 32.8 Å². The molecule has 0 saturated heterocycles. The summed E-state index contributed by atoms with van der Waals surface area (Å²) >= 11 is 0. The predicted octanol–water partition coefficient (Wildman–Crippen LogP) is 4.26. The molecule has 1 N–H and O–H groups in total.